The number of unbranched alkanes of at least 4 members (excludes halogenated alkanes) is 3. The predicted octanol–water partition coefficient (Wildman–Crippen LogP) is 5.30. The fourth-order valence-corrected chi connectivity index (χ4v) is 2.66. The highest BCUT2D eigenvalue weighted by Crippen LogP contribution is 2.27. The molecule has 1 N–H and O–H groups in total. The van der Waals surface area contributed by atoms with Crippen LogP contribution in [0, 0.1) is 13.8 Å². The molecule has 18 heavy (non-hydrogen) atoms. The third-order valence-electron chi connectivity index (χ3n) is 3.56. The van der Waals surface area contributed by atoms with Crippen molar-refractivity contribution < 1.29 is 0 Å². The maximum absolute atomic E-state index is 3.64. The molecule has 2 heteroatoms. The monoisotopic (exact) mass is 311 g/mol. The number of halogens is 1. The largest absolute Gasteiger partial charge is 0.313 e. The van der Waals surface area contributed by atoms with Crippen LogP contribution in [0.25, 0.3) is 0 Å². The molecule has 1 unspecified atom stereocenters. The molecule has 1 aromatic carbocycles. The van der Waals surface area contributed by atoms with Crippen LogP contribution in [-0.4, -0.2) is 7.05 Å². The van der Waals surface area contributed by atoms with Gasteiger partial charge in [0.1, 0.15) is 0 Å². The summed E-state index contributed by atoms with van der Waals surface area (Å²) < 4.78 is 1.24. The fourth-order valence-electron chi connectivity index (χ4n) is 2.43. The predicted molar refractivity (Wildman–Crippen MR) is 84.2 cm³/mol. The molecule has 0 heterocycles. The Morgan fingerprint density at radius 1 is 1.11 bits per heavy atom. The lowest BCUT2D eigenvalue weighted by atomic mass is 9.97. The van der Waals surface area contributed by atoms with Gasteiger partial charge in [0, 0.05) is 10.5 Å². The van der Waals surface area contributed by atoms with Gasteiger partial charge in [-0.1, -0.05) is 60.7 Å². The van der Waals surface area contributed by atoms with Crippen LogP contribution in [0.5, 0.6) is 0 Å². The molecule has 0 bridgehead atoms. The van der Waals surface area contributed by atoms with Crippen molar-refractivity contribution in [3.05, 3.63) is 33.3 Å². The van der Waals surface area contributed by atoms with Crippen molar-refractivity contribution in [1.29, 1.82) is 0 Å². The normalized spacial score (nSPS) is 12.7. The molecule has 1 aromatic rings. The van der Waals surface area contributed by atoms with E-state index in [1.165, 1.54) is 53.3 Å². The second-order valence-electron chi connectivity index (χ2n) is 5.16. The maximum atomic E-state index is 3.64. The third-order valence-corrected chi connectivity index (χ3v) is 4.81. The average molecular weight is 312 g/mol. The summed E-state index contributed by atoms with van der Waals surface area (Å²) in [4.78, 5) is 0. The number of benzene rings is 1. The lowest BCUT2D eigenvalue weighted by Gasteiger charge is -2.18. The van der Waals surface area contributed by atoms with Gasteiger partial charge in [-0.25, -0.2) is 0 Å². The van der Waals surface area contributed by atoms with Crippen molar-refractivity contribution in [2.24, 2.45) is 0 Å². The zero-order chi connectivity index (χ0) is 13.5. The lowest BCUT2D eigenvalue weighted by Crippen LogP contribution is -2.16. The summed E-state index contributed by atoms with van der Waals surface area (Å²) >= 11 is 3.64. The van der Waals surface area contributed by atoms with Crippen molar-refractivity contribution in [1.82, 2.24) is 5.32 Å². The molecule has 1 atom stereocenters. The van der Waals surface area contributed by atoms with Gasteiger partial charge in [0.05, 0.1) is 0 Å². The van der Waals surface area contributed by atoms with Gasteiger partial charge >= 0.3 is 0 Å². The van der Waals surface area contributed by atoms with E-state index in [0.717, 1.165) is 0 Å². The minimum absolute atomic E-state index is 0.493. The van der Waals surface area contributed by atoms with Crippen LogP contribution < -0.4 is 5.32 Å². The van der Waals surface area contributed by atoms with E-state index in [2.05, 4.69) is 61.2 Å². The molecule has 0 radical (unpaired) electrons. The van der Waals surface area contributed by atoms with Crippen molar-refractivity contribution >= 4 is 15.9 Å². The number of hydrogen-bond acceptors (Lipinski definition) is 1. The number of hydrogen-bond donors (Lipinski definition) is 1. The molecule has 0 amide bonds. The van der Waals surface area contributed by atoms with E-state index < -0.39 is 0 Å². The molecular formula is C16H26BrN. The van der Waals surface area contributed by atoms with Crippen LogP contribution in [0.4, 0.5) is 0 Å². The average Bonchev–Trinajstić information content (AvgIpc) is 2.35. The second-order valence-corrected chi connectivity index (χ2v) is 5.95. The van der Waals surface area contributed by atoms with E-state index >= 15 is 0 Å². The fraction of sp³-hybridized carbons (Fsp3) is 0.625. The topological polar surface area (TPSA) is 12.0 Å². The molecule has 0 aromatic heterocycles. The van der Waals surface area contributed by atoms with Crippen LogP contribution >= 0.6 is 15.9 Å². The molecule has 0 fully saturated rings. The first-order valence-corrected chi connectivity index (χ1v) is 7.83. The second kappa shape index (κ2) is 7.96. The summed E-state index contributed by atoms with van der Waals surface area (Å²) in [6, 6.07) is 5.10. The molecule has 1 nitrogen and oxygen atoms in total. The van der Waals surface area contributed by atoms with Gasteiger partial charge in [-0.3, -0.25) is 0 Å². The first-order valence-electron chi connectivity index (χ1n) is 7.04. The van der Waals surface area contributed by atoms with Crippen LogP contribution in [0.2, 0.25) is 0 Å². The van der Waals surface area contributed by atoms with E-state index in [0.29, 0.717) is 6.04 Å². The molecule has 0 aliphatic rings. The minimum Gasteiger partial charge on any atom is -0.313 e. The number of aryl methyl sites for hydroxylation is 2. The maximum Gasteiger partial charge on any atom is 0.0317 e. The summed E-state index contributed by atoms with van der Waals surface area (Å²) in [7, 11) is 2.07. The van der Waals surface area contributed by atoms with Crippen molar-refractivity contribution in [3.63, 3.8) is 0 Å². The van der Waals surface area contributed by atoms with Gasteiger partial charge in [0.15, 0.2) is 0 Å². The molecule has 1 rings (SSSR count). The summed E-state index contributed by atoms with van der Waals surface area (Å²) in [5.41, 5.74) is 4.09. The highest BCUT2D eigenvalue weighted by atomic mass is 79.9. The Labute approximate surface area is 120 Å². The zero-order valence-corrected chi connectivity index (χ0v) is 13.7. The number of rotatable bonds is 7. The quantitative estimate of drug-likeness (QED) is 0.674. The first-order chi connectivity index (χ1) is 8.60. The van der Waals surface area contributed by atoms with Crippen LogP contribution in [0.15, 0.2) is 16.6 Å². The van der Waals surface area contributed by atoms with Crippen molar-refractivity contribution in [2.75, 3.05) is 7.05 Å². The standard InChI is InChI=1S/C16H26BrN/c1-5-6-7-8-9-15(18-4)14-10-12(2)16(17)13(3)11-14/h10-11,15,18H,5-9H2,1-4H3. The molecule has 0 spiro atoms. The van der Waals surface area contributed by atoms with Crippen LogP contribution in [-0.2, 0) is 0 Å². The Morgan fingerprint density at radius 2 is 1.72 bits per heavy atom. The van der Waals surface area contributed by atoms with Gasteiger partial charge < -0.3 is 5.32 Å². The summed E-state index contributed by atoms with van der Waals surface area (Å²) in [5.74, 6) is 0. The van der Waals surface area contributed by atoms with Crippen LogP contribution in [0.3, 0.4) is 0 Å². The van der Waals surface area contributed by atoms with E-state index in [1.807, 2.05) is 0 Å². The molecule has 0 aliphatic heterocycles. The van der Waals surface area contributed by atoms with E-state index in [9.17, 15) is 0 Å². The summed E-state index contributed by atoms with van der Waals surface area (Å²) in [5, 5.41) is 3.45. The minimum atomic E-state index is 0.493. The molecule has 0 saturated heterocycles. The van der Waals surface area contributed by atoms with Crippen molar-refractivity contribution in [3.8, 4) is 0 Å². The Kier molecular flexibility index (Phi) is 6.95. The number of nitrogens with one attached hydrogen (secondary N) is 1. The highest BCUT2D eigenvalue weighted by Gasteiger charge is 2.11. The van der Waals surface area contributed by atoms with Gasteiger partial charge in [-0.2, -0.15) is 0 Å². The highest BCUT2D eigenvalue weighted by molar-refractivity contribution is 9.10. The Hall–Kier alpha value is -0.340. The van der Waals surface area contributed by atoms with E-state index in [-0.39, 0.29) is 0 Å². The Balaban J connectivity index is 2.70. The molecule has 0 saturated carbocycles. The van der Waals surface area contributed by atoms with E-state index in [4.69, 9.17) is 0 Å². The van der Waals surface area contributed by atoms with Crippen LogP contribution in [0.1, 0.15) is 61.8 Å². The van der Waals surface area contributed by atoms with Crippen molar-refractivity contribution in [2.45, 2.75) is 58.9 Å². The lowest BCUT2D eigenvalue weighted by molar-refractivity contribution is 0.505. The summed E-state index contributed by atoms with van der Waals surface area (Å²) in [6.45, 7) is 6.60. The third kappa shape index (κ3) is 4.40. The SMILES string of the molecule is CCCCCCC(NC)c1cc(C)c(Br)c(C)c1. The Morgan fingerprint density at radius 3 is 2.22 bits per heavy atom. The molecule has 102 valence electrons. The molecular weight excluding hydrogens is 286 g/mol. The smallest absolute Gasteiger partial charge is 0.0317 e. The van der Waals surface area contributed by atoms with Gasteiger partial charge in [0.2, 0.25) is 0 Å². The zero-order valence-electron chi connectivity index (χ0n) is 12.1. The van der Waals surface area contributed by atoms with Gasteiger partial charge in [0.25, 0.3) is 0 Å². The van der Waals surface area contributed by atoms with E-state index in [1.54, 1.807) is 0 Å². The summed E-state index contributed by atoms with van der Waals surface area (Å²) in [6.07, 6.45) is 6.56. The molecule has 0 aliphatic carbocycles. The van der Waals surface area contributed by atoms with Gasteiger partial charge in [-0.15, -0.1) is 0 Å². The first kappa shape index (κ1) is 15.7. The Bertz CT molecular complexity index is 350. The van der Waals surface area contributed by atoms with Gasteiger partial charge in [-0.05, 0) is 44.0 Å².